The van der Waals surface area contributed by atoms with E-state index in [0.717, 1.165) is 22.6 Å². The molecule has 2 aromatic heterocycles. The fraction of sp³-hybridized carbons (Fsp3) is 0.333. The van der Waals surface area contributed by atoms with Gasteiger partial charge in [0.1, 0.15) is 12.7 Å². The fourth-order valence-electron chi connectivity index (χ4n) is 2.88. The zero-order valence-electron chi connectivity index (χ0n) is 15.6. The Morgan fingerprint density at radius 2 is 2.15 bits per heavy atom. The lowest BCUT2D eigenvalue weighted by Gasteiger charge is -2.22. The molecule has 2 heterocycles. The highest BCUT2D eigenvalue weighted by molar-refractivity contribution is 5.89. The standard InChI is InChI=1S/C18H23N7O2/c1-13-17(14(2)23(3)22-13)10-24(7-8-26)18(27)21-15-5-4-6-16(9-15)25-12-19-11-20-25/h4-6,9,11-12,26H,7-8,10H2,1-3H3,(H,21,27). The SMILES string of the molecule is Cc1nn(C)c(C)c1CN(CCO)C(=O)Nc1cccc(-n2cncn2)c1. The number of hydrogen-bond acceptors (Lipinski definition) is 5. The van der Waals surface area contributed by atoms with Crippen LogP contribution in [0.25, 0.3) is 5.69 Å². The minimum Gasteiger partial charge on any atom is -0.395 e. The smallest absolute Gasteiger partial charge is 0.322 e. The molecule has 142 valence electrons. The first-order valence-electron chi connectivity index (χ1n) is 8.60. The van der Waals surface area contributed by atoms with Crippen LogP contribution in [-0.2, 0) is 13.6 Å². The molecule has 0 aliphatic carbocycles. The van der Waals surface area contributed by atoms with E-state index in [-0.39, 0.29) is 19.2 Å². The lowest BCUT2D eigenvalue weighted by molar-refractivity contribution is 0.185. The predicted molar refractivity (Wildman–Crippen MR) is 101 cm³/mol. The van der Waals surface area contributed by atoms with Crippen molar-refractivity contribution in [2.75, 3.05) is 18.5 Å². The van der Waals surface area contributed by atoms with Crippen molar-refractivity contribution < 1.29 is 9.90 Å². The van der Waals surface area contributed by atoms with Gasteiger partial charge in [-0.3, -0.25) is 4.68 Å². The van der Waals surface area contributed by atoms with Crippen molar-refractivity contribution in [2.24, 2.45) is 7.05 Å². The van der Waals surface area contributed by atoms with Gasteiger partial charge in [0.2, 0.25) is 0 Å². The summed E-state index contributed by atoms with van der Waals surface area (Å²) in [6.45, 7) is 4.36. The van der Waals surface area contributed by atoms with Crippen molar-refractivity contribution in [2.45, 2.75) is 20.4 Å². The molecule has 0 aliphatic heterocycles. The van der Waals surface area contributed by atoms with Gasteiger partial charge in [0, 0.05) is 30.5 Å². The summed E-state index contributed by atoms with van der Waals surface area (Å²) in [5, 5.41) is 20.7. The van der Waals surface area contributed by atoms with Crippen LogP contribution in [0.4, 0.5) is 10.5 Å². The fourth-order valence-corrected chi connectivity index (χ4v) is 2.88. The number of hydrogen-bond donors (Lipinski definition) is 2. The maximum Gasteiger partial charge on any atom is 0.322 e. The van der Waals surface area contributed by atoms with Crippen LogP contribution in [0, 0.1) is 13.8 Å². The second kappa shape index (κ2) is 8.00. The Labute approximate surface area is 157 Å². The molecule has 0 unspecified atom stereocenters. The highest BCUT2D eigenvalue weighted by Gasteiger charge is 2.18. The molecule has 9 nitrogen and oxygen atoms in total. The number of aliphatic hydroxyl groups excluding tert-OH is 1. The van der Waals surface area contributed by atoms with Crippen molar-refractivity contribution in [3.05, 3.63) is 53.9 Å². The zero-order chi connectivity index (χ0) is 19.4. The highest BCUT2D eigenvalue weighted by atomic mass is 16.3. The molecule has 3 rings (SSSR count). The lowest BCUT2D eigenvalue weighted by atomic mass is 10.2. The van der Waals surface area contributed by atoms with E-state index in [2.05, 4.69) is 20.5 Å². The van der Waals surface area contributed by atoms with E-state index in [0.29, 0.717) is 12.2 Å². The Hall–Kier alpha value is -3.20. The van der Waals surface area contributed by atoms with E-state index < -0.39 is 0 Å². The topological polar surface area (TPSA) is 101 Å². The van der Waals surface area contributed by atoms with Gasteiger partial charge in [0.15, 0.2) is 0 Å². The third-order valence-electron chi connectivity index (χ3n) is 4.45. The molecular weight excluding hydrogens is 346 g/mol. The number of nitrogens with zero attached hydrogens (tertiary/aromatic N) is 6. The number of amides is 2. The Kier molecular flexibility index (Phi) is 5.51. The van der Waals surface area contributed by atoms with Crippen molar-refractivity contribution in [1.29, 1.82) is 0 Å². The van der Waals surface area contributed by atoms with Crippen molar-refractivity contribution >= 4 is 11.7 Å². The van der Waals surface area contributed by atoms with Gasteiger partial charge in [0.05, 0.1) is 24.5 Å². The monoisotopic (exact) mass is 369 g/mol. The van der Waals surface area contributed by atoms with Crippen LogP contribution in [0.5, 0.6) is 0 Å². The van der Waals surface area contributed by atoms with Gasteiger partial charge in [-0.1, -0.05) is 6.07 Å². The van der Waals surface area contributed by atoms with Crippen LogP contribution in [-0.4, -0.2) is 53.7 Å². The normalized spacial score (nSPS) is 10.8. The molecule has 0 saturated carbocycles. The van der Waals surface area contributed by atoms with Crippen LogP contribution < -0.4 is 5.32 Å². The van der Waals surface area contributed by atoms with E-state index in [9.17, 15) is 9.90 Å². The summed E-state index contributed by atoms with van der Waals surface area (Å²) >= 11 is 0. The number of rotatable bonds is 6. The summed E-state index contributed by atoms with van der Waals surface area (Å²) in [4.78, 5) is 18.3. The first-order chi connectivity index (χ1) is 13.0. The molecule has 27 heavy (non-hydrogen) atoms. The molecule has 0 aliphatic rings. The van der Waals surface area contributed by atoms with Gasteiger partial charge in [-0.25, -0.2) is 14.5 Å². The number of aryl methyl sites for hydroxylation is 2. The average Bonchev–Trinajstić information content (AvgIpc) is 3.26. The van der Waals surface area contributed by atoms with Crippen LogP contribution in [0.1, 0.15) is 17.0 Å². The highest BCUT2D eigenvalue weighted by Crippen LogP contribution is 2.17. The molecule has 1 aromatic carbocycles. The van der Waals surface area contributed by atoms with Gasteiger partial charge < -0.3 is 15.3 Å². The van der Waals surface area contributed by atoms with Crippen molar-refractivity contribution in [3.63, 3.8) is 0 Å². The zero-order valence-corrected chi connectivity index (χ0v) is 15.6. The summed E-state index contributed by atoms with van der Waals surface area (Å²) in [5.41, 5.74) is 4.28. The molecule has 9 heteroatoms. The van der Waals surface area contributed by atoms with Gasteiger partial charge in [-0.15, -0.1) is 0 Å². The predicted octanol–water partition coefficient (Wildman–Crippen LogP) is 1.64. The van der Waals surface area contributed by atoms with Crippen LogP contribution in [0.2, 0.25) is 0 Å². The number of aliphatic hydroxyl groups is 1. The summed E-state index contributed by atoms with van der Waals surface area (Å²) < 4.78 is 3.41. The minimum absolute atomic E-state index is 0.120. The number of urea groups is 1. The minimum atomic E-state index is -0.289. The average molecular weight is 369 g/mol. The molecule has 0 atom stereocenters. The molecule has 2 amide bonds. The van der Waals surface area contributed by atoms with Crippen molar-refractivity contribution in [3.8, 4) is 5.69 Å². The largest absolute Gasteiger partial charge is 0.395 e. The first-order valence-corrected chi connectivity index (χ1v) is 8.60. The Morgan fingerprint density at radius 1 is 1.33 bits per heavy atom. The third-order valence-corrected chi connectivity index (χ3v) is 4.45. The molecule has 0 bridgehead atoms. The summed E-state index contributed by atoms with van der Waals surface area (Å²) in [7, 11) is 1.87. The summed E-state index contributed by atoms with van der Waals surface area (Å²) in [6.07, 6.45) is 3.04. The Morgan fingerprint density at radius 3 is 2.78 bits per heavy atom. The number of carbonyl (C=O) groups is 1. The van der Waals surface area contributed by atoms with Crippen molar-refractivity contribution in [1.82, 2.24) is 29.4 Å². The second-order valence-electron chi connectivity index (χ2n) is 6.24. The van der Waals surface area contributed by atoms with E-state index in [1.807, 2.05) is 39.1 Å². The molecule has 0 radical (unpaired) electrons. The summed E-state index contributed by atoms with van der Waals surface area (Å²) in [5.74, 6) is 0. The van der Waals surface area contributed by atoms with Gasteiger partial charge in [-0.2, -0.15) is 10.2 Å². The quantitative estimate of drug-likeness (QED) is 0.688. The molecule has 0 fully saturated rings. The summed E-state index contributed by atoms with van der Waals surface area (Å²) in [6, 6.07) is 7.03. The molecular formula is C18H23N7O2. The number of carbonyl (C=O) groups excluding carboxylic acids is 1. The Bertz CT molecular complexity index is 918. The van der Waals surface area contributed by atoms with Crippen LogP contribution in [0.3, 0.4) is 0 Å². The van der Waals surface area contributed by atoms with E-state index in [1.54, 1.807) is 26.7 Å². The number of aromatic nitrogens is 5. The molecule has 3 aromatic rings. The Balaban J connectivity index is 1.77. The lowest BCUT2D eigenvalue weighted by Crippen LogP contribution is -2.36. The van der Waals surface area contributed by atoms with Crippen LogP contribution in [0.15, 0.2) is 36.9 Å². The number of anilines is 1. The van der Waals surface area contributed by atoms with Gasteiger partial charge >= 0.3 is 6.03 Å². The van der Waals surface area contributed by atoms with Gasteiger partial charge in [-0.05, 0) is 32.0 Å². The molecule has 0 saturated heterocycles. The van der Waals surface area contributed by atoms with E-state index in [1.165, 1.54) is 6.33 Å². The van der Waals surface area contributed by atoms with Crippen LogP contribution >= 0.6 is 0 Å². The molecule has 0 spiro atoms. The maximum absolute atomic E-state index is 12.8. The first kappa shape index (κ1) is 18.6. The number of nitrogens with one attached hydrogen (secondary N) is 1. The third kappa shape index (κ3) is 4.14. The maximum atomic E-state index is 12.8. The van der Waals surface area contributed by atoms with Gasteiger partial charge in [0.25, 0.3) is 0 Å². The number of benzene rings is 1. The van der Waals surface area contributed by atoms with E-state index >= 15 is 0 Å². The molecule has 2 N–H and O–H groups in total. The van der Waals surface area contributed by atoms with E-state index in [4.69, 9.17) is 0 Å². The second-order valence-corrected chi connectivity index (χ2v) is 6.24.